The quantitative estimate of drug-likeness (QED) is 0.266. The van der Waals surface area contributed by atoms with E-state index in [-0.39, 0.29) is 78.5 Å². The van der Waals surface area contributed by atoms with Crippen molar-refractivity contribution in [2.75, 3.05) is 57.6 Å². The van der Waals surface area contributed by atoms with Gasteiger partial charge in [0.05, 0.1) is 20.8 Å². The second kappa shape index (κ2) is 12.0. The fourth-order valence-corrected chi connectivity index (χ4v) is 8.82. The zero-order chi connectivity index (χ0) is 33.2. The van der Waals surface area contributed by atoms with Gasteiger partial charge in [-0.2, -0.15) is 15.2 Å². The lowest BCUT2D eigenvalue weighted by Crippen LogP contribution is -2.64. The van der Waals surface area contributed by atoms with E-state index in [1.54, 1.807) is 6.07 Å². The zero-order valence-corrected chi connectivity index (χ0v) is 27.9. The molecule has 4 aromatic rings. The molecule has 14 heteroatoms. The van der Waals surface area contributed by atoms with Crippen LogP contribution in [0.4, 0.5) is 19.6 Å². The fraction of sp³-hybridized carbons (Fsp3) is 0.455. The monoisotopic (exact) mass is 681 g/mol. The number of ether oxygens (including phenoxy) is 2. The highest BCUT2D eigenvalue weighted by Crippen LogP contribution is 2.47. The van der Waals surface area contributed by atoms with Crippen LogP contribution in [0.25, 0.3) is 32.1 Å². The molecule has 0 saturated carbocycles. The number of nitrogen functional groups attached to an aromatic ring is 1. The van der Waals surface area contributed by atoms with E-state index in [4.69, 9.17) is 31.8 Å². The second-order valence-corrected chi connectivity index (χ2v) is 14.1. The van der Waals surface area contributed by atoms with Crippen molar-refractivity contribution in [1.29, 1.82) is 5.26 Å². The number of nitrogens with zero attached hydrogens (tertiary/aromatic N) is 6. The Morgan fingerprint density at radius 3 is 2.74 bits per heavy atom. The van der Waals surface area contributed by atoms with Gasteiger partial charge in [0.25, 0.3) is 0 Å². The predicted octanol–water partition coefficient (Wildman–Crippen LogP) is 5.59. The number of benzene rings is 2. The number of methoxy groups -OCH3 is 1. The Morgan fingerprint density at radius 1 is 1.28 bits per heavy atom. The van der Waals surface area contributed by atoms with Crippen molar-refractivity contribution in [3.63, 3.8) is 0 Å². The van der Waals surface area contributed by atoms with Crippen LogP contribution < -0.4 is 15.4 Å². The van der Waals surface area contributed by atoms with Gasteiger partial charge in [-0.1, -0.05) is 17.7 Å². The van der Waals surface area contributed by atoms with Gasteiger partial charge >= 0.3 is 6.01 Å². The highest BCUT2D eigenvalue weighted by atomic mass is 35.5. The summed E-state index contributed by atoms with van der Waals surface area (Å²) in [7, 11) is 3.55. The Morgan fingerprint density at radius 2 is 2.06 bits per heavy atom. The molecule has 5 heterocycles. The van der Waals surface area contributed by atoms with Crippen molar-refractivity contribution in [3.8, 4) is 23.2 Å². The van der Waals surface area contributed by atoms with Crippen molar-refractivity contribution < 1.29 is 23.0 Å². The van der Waals surface area contributed by atoms with Crippen LogP contribution in [0.3, 0.4) is 0 Å². The maximum Gasteiger partial charge on any atom is 0.319 e. The van der Waals surface area contributed by atoms with Gasteiger partial charge in [-0.05, 0) is 63.9 Å². The van der Waals surface area contributed by atoms with Crippen LogP contribution in [0, 0.1) is 23.0 Å². The second-order valence-electron chi connectivity index (χ2n) is 12.7. The number of carbonyl (C=O) groups excluding carboxylic acids is 1. The molecule has 7 rings (SSSR count). The molecule has 1 unspecified atom stereocenters. The average Bonchev–Trinajstić information content (AvgIpc) is 3.76. The Hall–Kier alpha value is -3.83. The molecule has 3 fully saturated rings. The minimum absolute atomic E-state index is 0.00716. The van der Waals surface area contributed by atoms with Crippen LogP contribution in [0.5, 0.6) is 6.01 Å². The Labute approximate surface area is 279 Å². The molecular formula is C33H34ClF2N7O3S. The zero-order valence-electron chi connectivity index (χ0n) is 26.3. The number of aromatic nitrogens is 2. The first kappa shape index (κ1) is 31.8. The third kappa shape index (κ3) is 5.13. The van der Waals surface area contributed by atoms with Crippen molar-refractivity contribution >= 4 is 60.7 Å². The van der Waals surface area contributed by atoms with E-state index in [2.05, 4.69) is 9.88 Å². The molecule has 47 heavy (non-hydrogen) atoms. The molecule has 10 nitrogen and oxygen atoms in total. The van der Waals surface area contributed by atoms with E-state index in [0.717, 1.165) is 37.1 Å². The standard InChI is InChI=1S/C33H34ClF2N7O3S/c1-17(23-5-4-10-41(23)2)46-32-39-28-19(31(40-32)42-11-8-33(16-42)9-12-43(33)24(44)15-45-3)13-21(34)26(27(28)36)18-6-7-22(35)29-25(18)20(14-37)30(38)47-29/h6-7,13,17,23H,4-5,8-12,15-16,38H2,1-3H3/t17-,23-,33?/m0/s1. The van der Waals surface area contributed by atoms with Crippen molar-refractivity contribution in [2.24, 2.45) is 0 Å². The molecule has 3 saturated heterocycles. The van der Waals surface area contributed by atoms with Gasteiger partial charge in [0, 0.05) is 49.1 Å². The number of carbonyl (C=O) groups is 1. The molecule has 1 spiro atoms. The molecule has 0 radical (unpaired) electrons. The van der Waals surface area contributed by atoms with Gasteiger partial charge in [0.15, 0.2) is 5.82 Å². The van der Waals surface area contributed by atoms with E-state index in [0.29, 0.717) is 37.3 Å². The number of fused-ring (bicyclic) bond motifs is 2. The number of nitriles is 1. The number of likely N-dealkylation sites (N-methyl/N-ethyl adjacent to an activating group) is 1. The number of hydrogen-bond acceptors (Lipinski definition) is 10. The van der Waals surface area contributed by atoms with Crippen LogP contribution in [0.2, 0.25) is 5.02 Å². The fourth-order valence-electron chi connectivity index (χ4n) is 7.58. The summed E-state index contributed by atoms with van der Waals surface area (Å²) < 4.78 is 43.5. The lowest BCUT2D eigenvalue weighted by atomic mass is 9.83. The van der Waals surface area contributed by atoms with Crippen molar-refractivity contribution in [1.82, 2.24) is 19.8 Å². The average molecular weight is 682 g/mol. The molecular weight excluding hydrogens is 648 g/mol. The van der Waals surface area contributed by atoms with E-state index >= 15 is 4.39 Å². The minimum Gasteiger partial charge on any atom is -0.459 e. The first-order valence-corrected chi connectivity index (χ1v) is 16.8. The lowest BCUT2D eigenvalue weighted by molar-refractivity contribution is -0.149. The van der Waals surface area contributed by atoms with Crippen molar-refractivity contribution in [2.45, 2.75) is 50.3 Å². The first-order valence-electron chi connectivity index (χ1n) is 15.6. The Bertz CT molecular complexity index is 1970. The molecule has 1 amide bonds. The summed E-state index contributed by atoms with van der Waals surface area (Å²) in [5, 5.41) is 10.6. The predicted molar refractivity (Wildman–Crippen MR) is 178 cm³/mol. The van der Waals surface area contributed by atoms with Gasteiger partial charge < -0.3 is 25.0 Å². The van der Waals surface area contributed by atoms with Gasteiger partial charge in [0.1, 0.15) is 40.9 Å². The molecule has 2 N–H and O–H groups in total. The number of rotatable bonds is 7. The number of hydrogen-bond donors (Lipinski definition) is 1. The maximum atomic E-state index is 17.0. The SMILES string of the molecule is COCC(=O)N1CCC12CCN(c1nc(O[C@@H](C)[C@@H]3CCCN3C)nc3c(F)c(-c4ccc(F)c5sc(N)c(C#N)c45)c(Cl)cc13)C2. The first-order chi connectivity index (χ1) is 22.6. The highest BCUT2D eigenvalue weighted by molar-refractivity contribution is 7.23. The van der Waals surface area contributed by atoms with Crippen LogP contribution in [0.1, 0.15) is 38.2 Å². The smallest absolute Gasteiger partial charge is 0.319 e. The highest BCUT2D eigenvalue weighted by Gasteiger charge is 2.52. The molecule has 3 aliphatic rings. The Balaban J connectivity index is 1.37. The Kier molecular flexibility index (Phi) is 8.11. The lowest BCUT2D eigenvalue weighted by Gasteiger charge is -2.50. The van der Waals surface area contributed by atoms with Gasteiger partial charge in [0.2, 0.25) is 5.91 Å². The summed E-state index contributed by atoms with van der Waals surface area (Å²) >= 11 is 7.79. The number of amides is 1. The summed E-state index contributed by atoms with van der Waals surface area (Å²) in [4.78, 5) is 28.4. The molecule has 0 aliphatic carbocycles. The van der Waals surface area contributed by atoms with Crippen LogP contribution >= 0.6 is 22.9 Å². The van der Waals surface area contributed by atoms with Gasteiger partial charge in [-0.15, -0.1) is 11.3 Å². The number of anilines is 2. The van der Waals surface area contributed by atoms with Gasteiger partial charge in [-0.3, -0.25) is 9.69 Å². The largest absolute Gasteiger partial charge is 0.459 e. The normalized spacial score (nSPS) is 21.9. The molecule has 2 aromatic heterocycles. The summed E-state index contributed by atoms with van der Waals surface area (Å²) in [6.45, 7) is 4.64. The van der Waals surface area contributed by atoms with E-state index < -0.39 is 11.6 Å². The molecule has 3 atom stereocenters. The number of nitrogens with two attached hydrogens (primary N) is 1. The summed E-state index contributed by atoms with van der Waals surface area (Å²) in [6, 6.07) is 6.44. The van der Waals surface area contributed by atoms with E-state index in [9.17, 15) is 14.4 Å². The van der Waals surface area contributed by atoms with Crippen LogP contribution in [-0.2, 0) is 9.53 Å². The summed E-state index contributed by atoms with van der Waals surface area (Å²) in [5.74, 6) is -0.930. The maximum absolute atomic E-state index is 17.0. The topological polar surface area (TPSA) is 121 Å². The van der Waals surface area contributed by atoms with E-state index in [1.807, 2.05) is 29.8 Å². The van der Waals surface area contributed by atoms with Crippen LogP contribution in [-0.4, -0.2) is 90.3 Å². The third-order valence-electron chi connectivity index (χ3n) is 10.0. The molecule has 246 valence electrons. The summed E-state index contributed by atoms with van der Waals surface area (Å²) in [6.07, 6.45) is 3.28. The molecule has 3 aliphatic heterocycles. The van der Waals surface area contributed by atoms with Crippen LogP contribution in [0.15, 0.2) is 18.2 Å². The van der Waals surface area contributed by atoms with Gasteiger partial charge in [-0.25, -0.2) is 8.78 Å². The third-order valence-corrected chi connectivity index (χ3v) is 11.4. The summed E-state index contributed by atoms with van der Waals surface area (Å²) in [5.41, 5.74) is 5.96. The van der Waals surface area contributed by atoms with E-state index in [1.165, 1.54) is 19.2 Å². The molecule has 2 aromatic carbocycles. The van der Waals surface area contributed by atoms with Crippen molar-refractivity contribution in [3.05, 3.63) is 40.4 Å². The molecule has 0 bridgehead atoms. The number of thiophene rings is 1. The number of halogens is 3. The number of likely N-dealkylation sites (tertiary alicyclic amines) is 2. The minimum atomic E-state index is -0.748.